The summed E-state index contributed by atoms with van der Waals surface area (Å²) >= 11 is 18.4. The van der Waals surface area contributed by atoms with Gasteiger partial charge in [0.05, 0.1) is 28.6 Å². The Hall–Kier alpha value is -3.03. The largest absolute Gasteiger partial charge is 0.349 e. The molecule has 2 aliphatic heterocycles. The van der Waals surface area contributed by atoms with Gasteiger partial charge in [-0.05, 0) is 35.9 Å². The van der Waals surface area contributed by atoms with E-state index in [1.54, 1.807) is 36.4 Å². The van der Waals surface area contributed by atoms with Gasteiger partial charge in [0.25, 0.3) is 0 Å². The molecule has 35 heavy (non-hydrogen) atoms. The van der Waals surface area contributed by atoms with Crippen molar-refractivity contribution in [3.63, 3.8) is 0 Å². The quantitative estimate of drug-likeness (QED) is 0.333. The molecule has 2 saturated heterocycles. The number of ether oxygens (including phenoxy) is 1. The monoisotopic (exact) mass is 525 g/mol. The fourth-order valence-corrected chi connectivity index (χ4v) is 5.99. The molecule has 2 heterocycles. The highest BCUT2D eigenvalue weighted by molar-refractivity contribution is 6.40. The first-order valence-electron chi connectivity index (χ1n) is 10.7. The molecule has 2 fully saturated rings. The predicted octanol–water partition coefficient (Wildman–Crippen LogP) is 5.34. The molecule has 9 heteroatoms. The van der Waals surface area contributed by atoms with Gasteiger partial charge in [-0.3, -0.25) is 19.2 Å². The van der Waals surface area contributed by atoms with Gasteiger partial charge in [0, 0.05) is 21.2 Å². The van der Waals surface area contributed by atoms with Crippen molar-refractivity contribution in [1.29, 1.82) is 0 Å². The number of hydrogen-bond donors (Lipinski definition) is 0. The maximum Gasteiger partial charge on any atom is 0.241 e. The van der Waals surface area contributed by atoms with Gasteiger partial charge in [-0.1, -0.05) is 71.2 Å². The maximum absolute atomic E-state index is 13.9. The highest BCUT2D eigenvalue weighted by Crippen LogP contribution is 2.58. The van der Waals surface area contributed by atoms with E-state index in [1.807, 2.05) is 0 Å². The first-order chi connectivity index (χ1) is 16.8. The molecule has 3 atom stereocenters. The molecule has 6 nitrogen and oxygen atoms in total. The van der Waals surface area contributed by atoms with Crippen LogP contribution in [0.2, 0.25) is 15.1 Å². The summed E-state index contributed by atoms with van der Waals surface area (Å²) in [5.74, 6) is -5.09. The van der Waals surface area contributed by atoms with Gasteiger partial charge in [-0.15, -0.1) is 0 Å². The summed E-state index contributed by atoms with van der Waals surface area (Å²) in [5, 5.41) is 0.875. The number of Topliss-reactive ketones (excluding diaryl/α,β-unsaturated/α-hetero) is 2. The molecule has 0 bridgehead atoms. The Morgan fingerprint density at radius 1 is 0.743 bits per heavy atom. The summed E-state index contributed by atoms with van der Waals surface area (Å²) < 4.78 is 6.22. The number of halogens is 3. The number of carbonyl (C=O) groups is 4. The number of imide groups is 1. The molecular formula is C26H14Cl3NO5. The van der Waals surface area contributed by atoms with E-state index in [-0.39, 0.29) is 21.8 Å². The van der Waals surface area contributed by atoms with Crippen LogP contribution < -0.4 is 4.90 Å². The number of amides is 2. The summed E-state index contributed by atoms with van der Waals surface area (Å²) in [6.07, 6.45) is -1.04. The normalized spacial score (nSPS) is 24.4. The van der Waals surface area contributed by atoms with E-state index in [2.05, 4.69) is 0 Å². The number of rotatable bonds is 2. The highest BCUT2D eigenvalue weighted by atomic mass is 35.5. The third-order valence-corrected chi connectivity index (χ3v) is 7.66. The molecule has 3 aromatic carbocycles. The number of benzene rings is 3. The van der Waals surface area contributed by atoms with Crippen LogP contribution in [0.4, 0.5) is 5.69 Å². The minimum atomic E-state index is -2.15. The van der Waals surface area contributed by atoms with Crippen LogP contribution in [0.25, 0.3) is 0 Å². The van der Waals surface area contributed by atoms with Gasteiger partial charge < -0.3 is 4.74 Å². The van der Waals surface area contributed by atoms with Crippen molar-refractivity contribution in [3.8, 4) is 0 Å². The van der Waals surface area contributed by atoms with Crippen LogP contribution in [-0.4, -0.2) is 29.0 Å². The van der Waals surface area contributed by atoms with Crippen LogP contribution in [0.5, 0.6) is 0 Å². The van der Waals surface area contributed by atoms with E-state index in [1.165, 1.54) is 30.3 Å². The molecule has 0 aromatic heterocycles. The molecule has 6 rings (SSSR count). The Labute approximate surface area is 214 Å². The van der Waals surface area contributed by atoms with Gasteiger partial charge in [0.2, 0.25) is 29.0 Å². The van der Waals surface area contributed by atoms with E-state index < -0.39 is 46.9 Å². The van der Waals surface area contributed by atoms with Crippen molar-refractivity contribution >= 4 is 63.9 Å². The second-order valence-corrected chi connectivity index (χ2v) is 9.92. The SMILES string of the molecule is O=C1[C@@H]2[C@@H](C(=O)N1c1ccc(Cl)cc1Cl)C1(O[C@H]2c2ccc(Cl)cc2)C(=O)c2ccccc2C1=O. The molecule has 3 aromatic rings. The van der Waals surface area contributed by atoms with E-state index in [0.29, 0.717) is 15.6 Å². The zero-order valence-electron chi connectivity index (χ0n) is 17.7. The molecule has 2 amide bonds. The molecule has 0 unspecified atom stereocenters. The van der Waals surface area contributed by atoms with Crippen LogP contribution in [0.15, 0.2) is 66.7 Å². The van der Waals surface area contributed by atoms with E-state index in [9.17, 15) is 19.2 Å². The Morgan fingerprint density at radius 3 is 1.94 bits per heavy atom. The fraction of sp³-hybridized carbons (Fsp3) is 0.154. The van der Waals surface area contributed by atoms with E-state index >= 15 is 0 Å². The zero-order chi connectivity index (χ0) is 24.6. The molecule has 0 radical (unpaired) electrons. The highest BCUT2D eigenvalue weighted by Gasteiger charge is 2.74. The lowest BCUT2D eigenvalue weighted by Crippen LogP contribution is -2.51. The van der Waals surface area contributed by atoms with Crippen LogP contribution in [0, 0.1) is 11.8 Å². The average Bonchev–Trinajstić information content (AvgIpc) is 3.40. The van der Waals surface area contributed by atoms with Gasteiger partial charge in [0.15, 0.2) is 0 Å². The zero-order valence-corrected chi connectivity index (χ0v) is 20.0. The van der Waals surface area contributed by atoms with E-state index in [4.69, 9.17) is 39.5 Å². The van der Waals surface area contributed by atoms with Crippen molar-refractivity contribution < 1.29 is 23.9 Å². The summed E-state index contributed by atoms with van der Waals surface area (Å²) in [4.78, 5) is 56.0. The summed E-state index contributed by atoms with van der Waals surface area (Å²) in [6.45, 7) is 0. The van der Waals surface area contributed by atoms with Gasteiger partial charge >= 0.3 is 0 Å². The number of hydrogen-bond acceptors (Lipinski definition) is 5. The predicted molar refractivity (Wildman–Crippen MR) is 129 cm³/mol. The number of anilines is 1. The molecular weight excluding hydrogens is 513 g/mol. The van der Waals surface area contributed by atoms with Crippen LogP contribution in [0.1, 0.15) is 32.4 Å². The Kier molecular flexibility index (Phi) is 4.96. The molecule has 174 valence electrons. The lowest BCUT2D eigenvalue weighted by atomic mass is 9.77. The standard InChI is InChI=1S/C26H14Cl3NO5/c27-13-7-5-12(6-8-13)21-19-20(25(34)30(24(19)33)18-10-9-14(28)11-17(18)29)26(35-21)22(31)15-3-1-2-4-16(15)23(26)32/h1-11,19-21H/t19-,20+,21+/m1/s1. The number of ketones is 2. The van der Waals surface area contributed by atoms with Crippen molar-refractivity contribution in [2.24, 2.45) is 11.8 Å². The summed E-state index contributed by atoms with van der Waals surface area (Å²) in [6, 6.07) is 17.2. The maximum atomic E-state index is 13.9. The molecule has 0 saturated carbocycles. The third-order valence-electron chi connectivity index (χ3n) is 6.87. The van der Waals surface area contributed by atoms with E-state index in [0.717, 1.165) is 4.90 Å². The first kappa shape index (κ1) is 22.4. The lowest BCUT2D eigenvalue weighted by molar-refractivity contribution is -0.127. The second-order valence-electron chi connectivity index (χ2n) is 8.64. The molecule has 1 aliphatic carbocycles. The van der Waals surface area contributed by atoms with Crippen LogP contribution in [0.3, 0.4) is 0 Å². The number of nitrogens with zero attached hydrogens (tertiary/aromatic N) is 1. The average molecular weight is 527 g/mol. The van der Waals surface area contributed by atoms with Crippen LogP contribution in [-0.2, 0) is 14.3 Å². The summed E-state index contributed by atoms with van der Waals surface area (Å²) in [7, 11) is 0. The first-order valence-corrected chi connectivity index (χ1v) is 11.8. The number of fused-ring (bicyclic) bond motifs is 3. The van der Waals surface area contributed by atoms with Crippen molar-refractivity contribution in [2.75, 3.05) is 4.90 Å². The van der Waals surface area contributed by atoms with Gasteiger partial charge in [0.1, 0.15) is 0 Å². The van der Waals surface area contributed by atoms with Crippen molar-refractivity contribution in [3.05, 3.63) is 98.5 Å². The molecule has 0 N–H and O–H groups in total. The Balaban J connectivity index is 1.55. The fourth-order valence-electron chi connectivity index (χ4n) is 5.37. The second kappa shape index (κ2) is 7.73. The van der Waals surface area contributed by atoms with Crippen molar-refractivity contribution in [1.82, 2.24) is 0 Å². The minimum Gasteiger partial charge on any atom is -0.349 e. The smallest absolute Gasteiger partial charge is 0.241 e. The van der Waals surface area contributed by atoms with Gasteiger partial charge in [-0.2, -0.15) is 0 Å². The topological polar surface area (TPSA) is 80.8 Å². The van der Waals surface area contributed by atoms with Gasteiger partial charge in [-0.25, -0.2) is 4.90 Å². The Morgan fingerprint density at radius 2 is 1.34 bits per heavy atom. The number of carbonyl (C=O) groups excluding carboxylic acids is 4. The Bertz CT molecular complexity index is 1430. The summed E-state index contributed by atoms with van der Waals surface area (Å²) in [5.41, 5.74) is -1.18. The third kappa shape index (κ3) is 2.94. The van der Waals surface area contributed by atoms with Crippen molar-refractivity contribution in [2.45, 2.75) is 11.7 Å². The lowest BCUT2D eigenvalue weighted by Gasteiger charge is -2.27. The molecule has 1 spiro atoms. The minimum absolute atomic E-state index is 0.0875. The molecule has 3 aliphatic rings. The van der Waals surface area contributed by atoms with Crippen LogP contribution >= 0.6 is 34.8 Å².